The van der Waals surface area contributed by atoms with Gasteiger partial charge in [-0.15, -0.1) is 0 Å². The zero-order chi connectivity index (χ0) is 12.0. The van der Waals surface area contributed by atoms with E-state index >= 15 is 0 Å². The Bertz CT molecular complexity index is 223. The zero-order valence-electron chi connectivity index (χ0n) is 9.82. The van der Waals surface area contributed by atoms with E-state index in [-0.39, 0.29) is 31.1 Å². The normalized spacial score (nSPS) is 27.4. The molecule has 0 amide bonds. The lowest BCUT2D eigenvalue weighted by Crippen LogP contribution is -2.52. The molecule has 0 aliphatic heterocycles. The highest BCUT2D eigenvalue weighted by molar-refractivity contribution is 5.75. The molecule has 0 aromatic heterocycles. The van der Waals surface area contributed by atoms with Crippen molar-refractivity contribution in [1.82, 2.24) is 5.32 Å². The Morgan fingerprint density at radius 1 is 1.56 bits per heavy atom. The molecule has 0 spiro atoms. The third kappa shape index (κ3) is 3.43. The Morgan fingerprint density at radius 2 is 2.25 bits per heavy atom. The molecule has 0 radical (unpaired) electrons. The van der Waals surface area contributed by atoms with Crippen LogP contribution in [0.5, 0.6) is 0 Å². The van der Waals surface area contributed by atoms with Crippen LogP contribution in [-0.4, -0.2) is 43.4 Å². The lowest BCUT2D eigenvalue weighted by molar-refractivity contribution is -0.143. The van der Waals surface area contributed by atoms with Crippen molar-refractivity contribution in [2.24, 2.45) is 11.7 Å². The van der Waals surface area contributed by atoms with Crippen LogP contribution in [-0.2, 0) is 9.53 Å². The Balaban J connectivity index is 2.51. The van der Waals surface area contributed by atoms with E-state index in [0.717, 1.165) is 25.7 Å². The summed E-state index contributed by atoms with van der Waals surface area (Å²) in [6.07, 6.45) is 4.27. The monoisotopic (exact) mass is 230 g/mol. The maximum atomic E-state index is 11.4. The molecule has 4 N–H and O–H groups in total. The van der Waals surface area contributed by atoms with Gasteiger partial charge in [0.15, 0.2) is 0 Å². The Morgan fingerprint density at radius 3 is 2.81 bits per heavy atom. The van der Waals surface area contributed by atoms with Crippen molar-refractivity contribution in [2.75, 3.05) is 20.3 Å². The van der Waals surface area contributed by atoms with Crippen molar-refractivity contribution in [3.05, 3.63) is 0 Å². The highest BCUT2D eigenvalue weighted by atomic mass is 16.5. The molecule has 0 heterocycles. The van der Waals surface area contributed by atoms with Crippen LogP contribution in [0.3, 0.4) is 0 Å². The third-order valence-corrected chi connectivity index (χ3v) is 3.28. The van der Waals surface area contributed by atoms with Crippen LogP contribution in [0.25, 0.3) is 0 Å². The van der Waals surface area contributed by atoms with Gasteiger partial charge in [-0.25, -0.2) is 0 Å². The predicted molar refractivity (Wildman–Crippen MR) is 60.8 cm³/mol. The van der Waals surface area contributed by atoms with E-state index < -0.39 is 6.04 Å². The minimum atomic E-state index is -0.456. The fraction of sp³-hybridized carbons (Fsp3) is 0.909. The zero-order valence-corrected chi connectivity index (χ0v) is 9.82. The number of esters is 1. The molecule has 94 valence electrons. The first-order valence-electron chi connectivity index (χ1n) is 5.87. The van der Waals surface area contributed by atoms with Crippen molar-refractivity contribution in [2.45, 2.75) is 37.8 Å². The van der Waals surface area contributed by atoms with E-state index in [2.05, 4.69) is 10.1 Å². The smallest absolute Gasteiger partial charge is 0.324 e. The molecule has 16 heavy (non-hydrogen) atoms. The van der Waals surface area contributed by atoms with Crippen LogP contribution in [0.2, 0.25) is 0 Å². The summed E-state index contributed by atoms with van der Waals surface area (Å²) < 4.78 is 4.67. The second kappa shape index (κ2) is 6.83. The molecule has 5 heteroatoms. The van der Waals surface area contributed by atoms with Crippen LogP contribution in [0.1, 0.15) is 25.7 Å². The van der Waals surface area contributed by atoms with Crippen LogP contribution in [0.4, 0.5) is 0 Å². The number of nitrogens with two attached hydrogens (primary N) is 1. The number of carbonyl (C=O) groups is 1. The standard InChI is InChI=1S/C11H22N2O3/c1-16-11(15)10(6-12)13-9-5-3-2-4-8(9)7-14/h8-10,13-14H,2-7,12H2,1H3. The number of methoxy groups -OCH3 is 1. The maximum absolute atomic E-state index is 11.4. The van der Waals surface area contributed by atoms with E-state index in [1.807, 2.05) is 0 Å². The Hall–Kier alpha value is -0.650. The van der Waals surface area contributed by atoms with Crippen molar-refractivity contribution >= 4 is 5.97 Å². The molecule has 1 aliphatic carbocycles. The summed E-state index contributed by atoms with van der Waals surface area (Å²) >= 11 is 0. The first kappa shape index (κ1) is 13.4. The lowest BCUT2D eigenvalue weighted by Gasteiger charge is -2.33. The van der Waals surface area contributed by atoms with Gasteiger partial charge >= 0.3 is 5.97 Å². The summed E-state index contributed by atoms with van der Waals surface area (Å²) in [5.41, 5.74) is 5.53. The average Bonchev–Trinajstić information content (AvgIpc) is 2.35. The van der Waals surface area contributed by atoms with Gasteiger partial charge in [0.05, 0.1) is 7.11 Å². The molecule has 1 fully saturated rings. The highest BCUT2D eigenvalue weighted by Crippen LogP contribution is 2.24. The number of rotatable bonds is 5. The van der Waals surface area contributed by atoms with Crippen molar-refractivity contribution in [1.29, 1.82) is 0 Å². The summed E-state index contributed by atoms with van der Waals surface area (Å²) in [5, 5.41) is 12.5. The molecular formula is C11H22N2O3. The maximum Gasteiger partial charge on any atom is 0.324 e. The molecule has 3 atom stereocenters. The SMILES string of the molecule is COC(=O)C(CN)NC1CCCCC1CO. The fourth-order valence-corrected chi connectivity index (χ4v) is 2.28. The Labute approximate surface area is 96.3 Å². The second-order valence-corrected chi connectivity index (χ2v) is 4.31. The number of nitrogens with one attached hydrogen (secondary N) is 1. The largest absolute Gasteiger partial charge is 0.468 e. The molecule has 5 nitrogen and oxygen atoms in total. The molecule has 3 unspecified atom stereocenters. The average molecular weight is 230 g/mol. The predicted octanol–water partition coefficient (Wildman–Crippen LogP) is -0.373. The number of aliphatic hydroxyl groups excluding tert-OH is 1. The number of ether oxygens (including phenoxy) is 1. The van der Waals surface area contributed by atoms with E-state index in [9.17, 15) is 9.90 Å². The van der Waals surface area contributed by atoms with Gasteiger partial charge in [-0.3, -0.25) is 4.79 Å². The first-order valence-corrected chi connectivity index (χ1v) is 5.87. The van der Waals surface area contributed by atoms with Gasteiger partial charge in [0, 0.05) is 19.2 Å². The van der Waals surface area contributed by atoms with Gasteiger partial charge in [-0.2, -0.15) is 0 Å². The third-order valence-electron chi connectivity index (χ3n) is 3.28. The fourth-order valence-electron chi connectivity index (χ4n) is 2.28. The van der Waals surface area contributed by atoms with E-state index in [0.29, 0.717) is 0 Å². The van der Waals surface area contributed by atoms with Crippen LogP contribution in [0, 0.1) is 5.92 Å². The topological polar surface area (TPSA) is 84.6 Å². The molecule has 0 bridgehead atoms. The summed E-state index contributed by atoms with van der Waals surface area (Å²) in [5.74, 6) is -0.0998. The number of hydrogen-bond acceptors (Lipinski definition) is 5. The second-order valence-electron chi connectivity index (χ2n) is 4.31. The Kier molecular flexibility index (Phi) is 5.73. The molecule has 0 saturated heterocycles. The summed E-state index contributed by atoms with van der Waals surface area (Å²) in [4.78, 5) is 11.4. The molecule has 0 aromatic carbocycles. The summed E-state index contributed by atoms with van der Waals surface area (Å²) in [6.45, 7) is 0.386. The lowest BCUT2D eigenvalue weighted by atomic mass is 9.84. The molecule has 1 aliphatic rings. The number of aliphatic hydroxyl groups is 1. The van der Waals surface area contributed by atoms with E-state index in [1.54, 1.807) is 0 Å². The molecule has 1 saturated carbocycles. The van der Waals surface area contributed by atoms with E-state index in [1.165, 1.54) is 7.11 Å². The van der Waals surface area contributed by atoms with Crippen LogP contribution >= 0.6 is 0 Å². The summed E-state index contributed by atoms with van der Waals surface area (Å²) in [6, 6.07) is -0.284. The van der Waals surface area contributed by atoms with Crippen molar-refractivity contribution in [3.63, 3.8) is 0 Å². The first-order chi connectivity index (χ1) is 7.72. The van der Waals surface area contributed by atoms with Crippen LogP contribution in [0.15, 0.2) is 0 Å². The van der Waals surface area contributed by atoms with Gasteiger partial charge in [0.1, 0.15) is 6.04 Å². The number of carbonyl (C=O) groups excluding carboxylic acids is 1. The van der Waals surface area contributed by atoms with E-state index in [4.69, 9.17) is 5.73 Å². The van der Waals surface area contributed by atoms with Gasteiger partial charge in [0.2, 0.25) is 0 Å². The van der Waals surface area contributed by atoms with Gasteiger partial charge in [-0.1, -0.05) is 12.8 Å². The van der Waals surface area contributed by atoms with Gasteiger partial charge in [-0.05, 0) is 18.8 Å². The minimum absolute atomic E-state index is 0.163. The minimum Gasteiger partial charge on any atom is -0.468 e. The van der Waals surface area contributed by atoms with Crippen molar-refractivity contribution < 1.29 is 14.6 Å². The van der Waals surface area contributed by atoms with Gasteiger partial charge in [0.25, 0.3) is 0 Å². The van der Waals surface area contributed by atoms with Gasteiger partial charge < -0.3 is 20.9 Å². The quantitative estimate of drug-likeness (QED) is 0.561. The van der Waals surface area contributed by atoms with Crippen LogP contribution < -0.4 is 11.1 Å². The molecule has 1 rings (SSSR count). The highest BCUT2D eigenvalue weighted by Gasteiger charge is 2.28. The molecular weight excluding hydrogens is 208 g/mol. The number of hydrogen-bond donors (Lipinski definition) is 3. The molecule has 0 aromatic rings. The summed E-state index contributed by atoms with van der Waals surface area (Å²) in [7, 11) is 1.36. The van der Waals surface area contributed by atoms with Crippen molar-refractivity contribution in [3.8, 4) is 0 Å².